The van der Waals surface area contributed by atoms with Gasteiger partial charge in [0.2, 0.25) is 5.69 Å². The lowest BCUT2D eigenvalue weighted by atomic mass is 9.79. The standard InChI is InChI=1S/C25H26NO2/c1-25(2)23(13-10-17-14-19(27-4)16-20(15-17)28-5)26(3)22-12-11-18-8-6-7-9-21(18)24(22)25/h6-16H,1-5H3/q+1. The van der Waals surface area contributed by atoms with Crippen LogP contribution in [0.2, 0.25) is 0 Å². The number of benzene rings is 3. The first-order valence-electron chi connectivity index (χ1n) is 9.50. The highest BCUT2D eigenvalue weighted by atomic mass is 16.5. The van der Waals surface area contributed by atoms with E-state index in [1.54, 1.807) is 14.2 Å². The number of hydrogen-bond donors (Lipinski definition) is 0. The summed E-state index contributed by atoms with van der Waals surface area (Å²) in [6, 6.07) is 19.0. The Kier molecular flexibility index (Phi) is 4.46. The molecule has 0 amide bonds. The smallest absolute Gasteiger partial charge is 0.210 e. The van der Waals surface area contributed by atoms with E-state index in [9.17, 15) is 0 Å². The van der Waals surface area contributed by atoms with Crippen molar-refractivity contribution in [2.45, 2.75) is 19.3 Å². The Morgan fingerprint density at radius 2 is 1.54 bits per heavy atom. The minimum atomic E-state index is -0.0929. The molecule has 4 rings (SSSR count). The van der Waals surface area contributed by atoms with Crippen LogP contribution in [0.25, 0.3) is 16.8 Å². The van der Waals surface area contributed by atoms with Crippen molar-refractivity contribution in [3.8, 4) is 11.5 Å². The summed E-state index contributed by atoms with van der Waals surface area (Å²) < 4.78 is 13.1. The van der Waals surface area contributed by atoms with Crippen molar-refractivity contribution >= 4 is 28.2 Å². The van der Waals surface area contributed by atoms with Crippen LogP contribution < -0.4 is 9.47 Å². The van der Waals surface area contributed by atoms with Gasteiger partial charge in [0.15, 0.2) is 5.71 Å². The highest BCUT2D eigenvalue weighted by Crippen LogP contribution is 2.43. The highest BCUT2D eigenvalue weighted by Gasteiger charge is 2.44. The zero-order valence-electron chi connectivity index (χ0n) is 17.1. The van der Waals surface area contributed by atoms with Crippen LogP contribution in [0.15, 0.2) is 60.7 Å². The first-order chi connectivity index (χ1) is 13.5. The second kappa shape index (κ2) is 6.83. The highest BCUT2D eigenvalue weighted by molar-refractivity contribution is 6.09. The van der Waals surface area contributed by atoms with Crippen LogP contribution in [0, 0.1) is 0 Å². The predicted octanol–water partition coefficient (Wildman–Crippen LogP) is 5.58. The molecule has 0 spiro atoms. The van der Waals surface area contributed by atoms with E-state index >= 15 is 0 Å². The maximum atomic E-state index is 5.40. The molecule has 0 aliphatic carbocycles. The van der Waals surface area contributed by atoms with E-state index in [1.165, 1.54) is 27.7 Å². The lowest BCUT2D eigenvalue weighted by molar-refractivity contribution is -0.401. The van der Waals surface area contributed by atoms with E-state index in [2.05, 4.69) is 74.0 Å². The Bertz CT molecular complexity index is 1100. The number of ether oxygens (including phenoxy) is 2. The van der Waals surface area contributed by atoms with Crippen molar-refractivity contribution in [3.05, 3.63) is 71.8 Å². The Morgan fingerprint density at radius 3 is 2.21 bits per heavy atom. The van der Waals surface area contributed by atoms with Crippen LogP contribution in [0.5, 0.6) is 11.5 Å². The van der Waals surface area contributed by atoms with Gasteiger partial charge in [-0.15, -0.1) is 0 Å². The molecule has 0 atom stereocenters. The minimum absolute atomic E-state index is 0.0929. The van der Waals surface area contributed by atoms with Gasteiger partial charge in [0.1, 0.15) is 18.5 Å². The topological polar surface area (TPSA) is 21.5 Å². The third-order valence-corrected chi connectivity index (χ3v) is 5.70. The van der Waals surface area contributed by atoms with E-state index in [-0.39, 0.29) is 5.41 Å². The monoisotopic (exact) mass is 372 g/mol. The Balaban J connectivity index is 1.80. The van der Waals surface area contributed by atoms with E-state index in [4.69, 9.17) is 9.47 Å². The summed E-state index contributed by atoms with van der Waals surface area (Å²) in [7, 11) is 5.49. The third-order valence-electron chi connectivity index (χ3n) is 5.70. The molecule has 0 N–H and O–H groups in total. The molecule has 3 aromatic rings. The first-order valence-corrected chi connectivity index (χ1v) is 9.50. The van der Waals surface area contributed by atoms with Gasteiger partial charge in [-0.1, -0.05) is 24.3 Å². The van der Waals surface area contributed by atoms with Gasteiger partial charge < -0.3 is 9.47 Å². The van der Waals surface area contributed by atoms with Crippen LogP contribution in [0.4, 0.5) is 5.69 Å². The van der Waals surface area contributed by atoms with Crippen LogP contribution in [0.1, 0.15) is 25.0 Å². The van der Waals surface area contributed by atoms with Crippen molar-refractivity contribution in [1.29, 1.82) is 0 Å². The molecule has 1 aliphatic rings. The third kappa shape index (κ3) is 2.88. The molecule has 0 aromatic heterocycles. The predicted molar refractivity (Wildman–Crippen MR) is 116 cm³/mol. The van der Waals surface area contributed by atoms with E-state index in [0.29, 0.717) is 0 Å². The molecule has 3 aromatic carbocycles. The fourth-order valence-electron chi connectivity index (χ4n) is 4.29. The van der Waals surface area contributed by atoms with Crippen LogP contribution in [-0.4, -0.2) is 31.6 Å². The van der Waals surface area contributed by atoms with Gasteiger partial charge in [0.25, 0.3) is 0 Å². The zero-order chi connectivity index (χ0) is 19.9. The summed E-state index contributed by atoms with van der Waals surface area (Å²) in [5.41, 5.74) is 4.88. The van der Waals surface area contributed by atoms with Gasteiger partial charge in [-0.05, 0) is 54.5 Å². The molecule has 142 valence electrons. The quantitative estimate of drug-likeness (QED) is 0.558. The fraction of sp³-hybridized carbons (Fsp3) is 0.240. The van der Waals surface area contributed by atoms with Crippen LogP contribution >= 0.6 is 0 Å². The van der Waals surface area contributed by atoms with E-state index < -0.39 is 0 Å². The lowest BCUT2D eigenvalue weighted by Gasteiger charge is -2.17. The zero-order valence-corrected chi connectivity index (χ0v) is 17.1. The number of fused-ring (bicyclic) bond motifs is 3. The van der Waals surface area contributed by atoms with E-state index in [1.807, 2.05) is 18.2 Å². The Morgan fingerprint density at radius 1 is 0.857 bits per heavy atom. The molecule has 0 bridgehead atoms. The van der Waals surface area contributed by atoms with Crippen LogP contribution in [0.3, 0.4) is 0 Å². The van der Waals surface area contributed by atoms with Gasteiger partial charge in [-0.2, -0.15) is 4.58 Å². The molecule has 0 saturated carbocycles. The second-order valence-corrected chi connectivity index (χ2v) is 7.73. The van der Waals surface area contributed by atoms with Gasteiger partial charge in [-0.25, -0.2) is 0 Å². The molecule has 0 radical (unpaired) electrons. The van der Waals surface area contributed by atoms with Crippen molar-refractivity contribution in [3.63, 3.8) is 0 Å². The lowest BCUT2D eigenvalue weighted by Crippen LogP contribution is -2.26. The van der Waals surface area contributed by atoms with Gasteiger partial charge in [0, 0.05) is 23.8 Å². The first kappa shape index (κ1) is 18.3. The molecular weight excluding hydrogens is 346 g/mol. The normalized spacial score (nSPS) is 15.3. The molecular formula is C25H26NO2+. The average molecular weight is 372 g/mol. The number of allylic oxidation sites excluding steroid dienone is 1. The Labute approximate surface area is 166 Å². The summed E-state index contributed by atoms with van der Waals surface area (Å²) in [6.45, 7) is 4.60. The summed E-state index contributed by atoms with van der Waals surface area (Å²) in [6.07, 6.45) is 4.34. The van der Waals surface area contributed by atoms with E-state index in [0.717, 1.165) is 17.1 Å². The SMILES string of the molecule is COc1cc(C=CC2=[N+](C)c3ccc4ccccc4c3C2(C)C)cc(OC)c1. The number of rotatable bonds is 4. The summed E-state index contributed by atoms with van der Waals surface area (Å²) in [5.74, 6) is 1.58. The molecule has 28 heavy (non-hydrogen) atoms. The molecule has 3 nitrogen and oxygen atoms in total. The number of hydrogen-bond acceptors (Lipinski definition) is 2. The molecule has 1 heterocycles. The summed E-state index contributed by atoms with van der Waals surface area (Å²) in [4.78, 5) is 0. The number of nitrogens with zero attached hydrogens (tertiary/aromatic N) is 1. The molecule has 0 saturated heterocycles. The average Bonchev–Trinajstić information content (AvgIpc) is 2.91. The number of methoxy groups -OCH3 is 2. The van der Waals surface area contributed by atoms with Crippen molar-refractivity contribution in [1.82, 2.24) is 0 Å². The molecule has 0 fully saturated rings. The summed E-state index contributed by atoms with van der Waals surface area (Å²) in [5, 5.41) is 2.61. The van der Waals surface area contributed by atoms with Crippen molar-refractivity contribution < 1.29 is 14.0 Å². The van der Waals surface area contributed by atoms with Crippen molar-refractivity contribution in [2.24, 2.45) is 0 Å². The minimum Gasteiger partial charge on any atom is -0.497 e. The molecule has 0 unspecified atom stereocenters. The second-order valence-electron chi connectivity index (χ2n) is 7.73. The van der Waals surface area contributed by atoms with Gasteiger partial charge in [-0.3, -0.25) is 0 Å². The van der Waals surface area contributed by atoms with Crippen molar-refractivity contribution in [2.75, 3.05) is 21.3 Å². The largest absolute Gasteiger partial charge is 0.497 e. The maximum Gasteiger partial charge on any atom is 0.210 e. The van der Waals surface area contributed by atoms with Gasteiger partial charge in [0.05, 0.1) is 19.6 Å². The molecule has 1 aliphatic heterocycles. The van der Waals surface area contributed by atoms with Crippen LogP contribution in [-0.2, 0) is 5.41 Å². The summed E-state index contributed by atoms with van der Waals surface area (Å²) >= 11 is 0. The van der Waals surface area contributed by atoms with Gasteiger partial charge >= 0.3 is 0 Å². The Hall–Kier alpha value is -3.07. The maximum absolute atomic E-state index is 5.40. The fourth-order valence-corrected chi connectivity index (χ4v) is 4.29. The molecule has 3 heteroatoms.